The zero-order valence-corrected chi connectivity index (χ0v) is 9.40. The minimum atomic E-state index is 0.250. The first-order chi connectivity index (χ1) is 6.61. The van der Waals surface area contributed by atoms with Crippen LogP contribution in [-0.4, -0.2) is 15.8 Å². The van der Waals surface area contributed by atoms with Gasteiger partial charge in [0, 0.05) is 25.7 Å². The van der Waals surface area contributed by atoms with Gasteiger partial charge in [-0.05, 0) is 18.4 Å². The Morgan fingerprint density at radius 1 is 1.57 bits per heavy atom. The van der Waals surface area contributed by atoms with E-state index in [1.807, 2.05) is 24.0 Å². The number of hydrogen-bond donors (Lipinski definition) is 1. The van der Waals surface area contributed by atoms with E-state index < -0.39 is 0 Å². The first kappa shape index (κ1) is 11.2. The molecule has 1 rings (SSSR count). The molecule has 80 valence electrons. The molecule has 0 amide bonds. The van der Waals surface area contributed by atoms with E-state index in [-0.39, 0.29) is 6.04 Å². The van der Waals surface area contributed by atoms with Crippen LogP contribution in [0.3, 0.4) is 0 Å². The van der Waals surface area contributed by atoms with Crippen molar-refractivity contribution in [2.24, 2.45) is 18.7 Å². The first-order valence-electron chi connectivity index (χ1n) is 5.36. The summed E-state index contributed by atoms with van der Waals surface area (Å²) in [5.41, 5.74) is 7.14. The second kappa shape index (κ2) is 5.15. The van der Waals surface area contributed by atoms with Gasteiger partial charge in [-0.1, -0.05) is 20.3 Å². The van der Waals surface area contributed by atoms with Crippen molar-refractivity contribution in [2.45, 2.75) is 39.2 Å². The van der Waals surface area contributed by atoms with Crippen molar-refractivity contribution in [3.63, 3.8) is 0 Å². The lowest BCUT2D eigenvalue weighted by Crippen LogP contribution is -2.25. The summed E-state index contributed by atoms with van der Waals surface area (Å²) in [6.07, 6.45) is 5.15. The quantitative estimate of drug-likeness (QED) is 0.777. The third kappa shape index (κ3) is 3.50. The summed E-state index contributed by atoms with van der Waals surface area (Å²) in [5, 5.41) is 4.32. The molecule has 3 heteroatoms. The maximum absolute atomic E-state index is 6.04. The van der Waals surface area contributed by atoms with Crippen LogP contribution < -0.4 is 5.73 Å². The fourth-order valence-electron chi connectivity index (χ4n) is 1.61. The fourth-order valence-corrected chi connectivity index (χ4v) is 1.61. The average Bonchev–Trinajstić information content (AvgIpc) is 2.50. The highest BCUT2D eigenvalue weighted by Crippen LogP contribution is 2.11. The van der Waals surface area contributed by atoms with E-state index in [9.17, 15) is 0 Å². The molecule has 0 aromatic carbocycles. The average molecular weight is 195 g/mol. The number of aromatic nitrogens is 2. The molecule has 0 aliphatic heterocycles. The summed E-state index contributed by atoms with van der Waals surface area (Å²) < 4.78 is 1.82. The number of rotatable bonds is 5. The van der Waals surface area contributed by atoms with Crippen LogP contribution in [0.2, 0.25) is 0 Å². The summed E-state index contributed by atoms with van der Waals surface area (Å²) in [6.45, 7) is 4.45. The molecule has 2 unspecified atom stereocenters. The smallest absolute Gasteiger partial charge is 0.0639 e. The third-order valence-corrected chi connectivity index (χ3v) is 2.64. The van der Waals surface area contributed by atoms with Gasteiger partial charge in [0.15, 0.2) is 0 Å². The SMILES string of the molecule is CCC(C)CC(N)Cc1ccn(C)n1. The Kier molecular flexibility index (Phi) is 4.14. The topological polar surface area (TPSA) is 43.8 Å². The van der Waals surface area contributed by atoms with Gasteiger partial charge in [-0.2, -0.15) is 5.10 Å². The number of nitrogens with two attached hydrogens (primary N) is 1. The van der Waals surface area contributed by atoms with Gasteiger partial charge in [0.2, 0.25) is 0 Å². The lowest BCUT2D eigenvalue weighted by molar-refractivity contribution is 0.447. The Morgan fingerprint density at radius 3 is 2.79 bits per heavy atom. The standard InChI is InChI=1S/C11H21N3/c1-4-9(2)7-10(12)8-11-5-6-14(3)13-11/h5-6,9-10H,4,7-8,12H2,1-3H3. The molecular formula is C11H21N3. The van der Waals surface area contributed by atoms with Crippen LogP contribution in [0.25, 0.3) is 0 Å². The molecule has 1 heterocycles. The molecule has 0 aliphatic rings. The largest absolute Gasteiger partial charge is 0.327 e. The lowest BCUT2D eigenvalue weighted by Gasteiger charge is -2.14. The van der Waals surface area contributed by atoms with Crippen LogP contribution in [0.15, 0.2) is 12.3 Å². The van der Waals surface area contributed by atoms with Crippen LogP contribution >= 0.6 is 0 Å². The van der Waals surface area contributed by atoms with Crippen molar-refractivity contribution in [3.8, 4) is 0 Å². The van der Waals surface area contributed by atoms with Crippen molar-refractivity contribution in [3.05, 3.63) is 18.0 Å². The Hall–Kier alpha value is -0.830. The van der Waals surface area contributed by atoms with E-state index in [0.717, 1.165) is 18.5 Å². The van der Waals surface area contributed by atoms with Gasteiger partial charge in [0.25, 0.3) is 0 Å². The Bertz CT molecular complexity index is 267. The molecule has 14 heavy (non-hydrogen) atoms. The minimum Gasteiger partial charge on any atom is -0.327 e. The van der Waals surface area contributed by atoms with E-state index in [1.54, 1.807) is 0 Å². The van der Waals surface area contributed by atoms with Gasteiger partial charge in [0.05, 0.1) is 5.69 Å². The Morgan fingerprint density at radius 2 is 2.29 bits per heavy atom. The van der Waals surface area contributed by atoms with Gasteiger partial charge >= 0.3 is 0 Å². The van der Waals surface area contributed by atoms with Crippen molar-refractivity contribution in [1.29, 1.82) is 0 Å². The maximum Gasteiger partial charge on any atom is 0.0639 e. The minimum absolute atomic E-state index is 0.250. The highest BCUT2D eigenvalue weighted by molar-refractivity contribution is 5.00. The van der Waals surface area contributed by atoms with Crippen LogP contribution in [-0.2, 0) is 13.5 Å². The predicted molar refractivity (Wildman–Crippen MR) is 59.0 cm³/mol. The van der Waals surface area contributed by atoms with Crippen LogP contribution in [0, 0.1) is 5.92 Å². The number of hydrogen-bond acceptors (Lipinski definition) is 2. The highest BCUT2D eigenvalue weighted by Gasteiger charge is 2.09. The van der Waals surface area contributed by atoms with Crippen LogP contribution in [0.5, 0.6) is 0 Å². The summed E-state index contributed by atoms with van der Waals surface area (Å²) in [4.78, 5) is 0. The summed E-state index contributed by atoms with van der Waals surface area (Å²) in [6, 6.07) is 2.29. The molecule has 0 bridgehead atoms. The van der Waals surface area contributed by atoms with Crippen molar-refractivity contribution in [1.82, 2.24) is 9.78 Å². The molecule has 0 saturated heterocycles. The molecule has 1 aromatic rings. The number of aryl methyl sites for hydroxylation is 1. The van der Waals surface area contributed by atoms with Gasteiger partial charge in [-0.25, -0.2) is 0 Å². The monoisotopic (exact) mass is 195 g/mol. The predicted octanol–water partition coefficient (Wildman–Crippen LogP) is 1.73. The van der Waals surface area contributed by atoms with E-state index in [4.69, 9.17) is 5.73 Å². The summed E-state index contributed by atoms with van der Waals surface area (Å²) in [5.74, 6) is 0.716. The van der Waals surface area contributed by atoms with Crippen LogP contribution in [0.1, 0.15) is 32.4 Å². The fraction of sp³-hybridized carbons (Fsp3) is 0.727. The third-order valence-electron chi connectivity index (χ3n) is 2.64. The molecule has 2 atom stereocenters. The molecule has 2 N–H and O–H groups in total. The lowest BCUT2D eigenvalue weighted by atomic mass is 9.97. The molecule has 0 fully saturated rings. The second-order valence-corrected chi connectivity index (χ2v) is 4.19. The Balaban J connectivity index is 2.37. The number of nitrogens with zero attached hydrogens (tertiary/aromatic N) is 2. The molecule has 0 saturated carbocycles. The van der Waals surface area contributed by atoms with Gasteiger partial charge in [-0.15, -0.1) is 0 Å². The molecule has 3 nitrogen and oxygen atoms in total. The molecular weight excluding hydrogens is 174 g/mol. The van der Waals surface area contributed by atoms with E-state index in [0.29, 0.717) is 5.92 Å². The van der Waals surface area contributed by atoms with Crippen molar-refractivity contribution < 1.29 is 0 Å². The highest BCUT2D eigenvalue weighted by atomic mass is 15.2. The van der Waals surface area contributed by atoms with Gasteiger partial charge < -0.3 is 5.73 Å². The molecule has 0 spiro atoms. The Labute approximate surface area is 86.3 Å². The molecule has 0 radical (unpaired) electrons. The molecule has 1 aromatic heterocycles. The molecule has 0 aliphatic carbocycles. The normalized spacial score (nSPS) is 15.4. The van der Waals surface area contributed by atoms with Crippen LogP contribution in [0.4, 0.5) is 0 Å². The van der Waals surface area contributed by atoms with E-state index in [1.165, 1.54) is 6.42 Å². The zero-order chi connectivity index (χ0) is 10.6. The maximum atomic E-state index is 6.04. The summed E-state index contributed by atoms with van der Waals surface area (Å²) in [7, 11) is 1.93. The van der Waals surface area contributed by atoms with Crippen molar-refractivity contribution >= 4 is 0 Å². The van der Waals surface area contributed by atoms with E-state index >= 15 is 0 Å². The van der Waals surface area contributed by atoms with E-state index in [2.05, 4.69) is 18.9 Å². The first-order valence-corrected chi connectivity index (χ1v) is 5.36. The van der Waals surface area contributed by atoms with Gasteiger partial charge in [0.1, 0.15) is 0 Å². The van der Waals surface area contributed by atoms with Crippen molar-refractivity contribution in [2.75, 3.05) is 0 Å². The zero-order valence-electron chi connectivity index (χ0n) is 9.40. The second-order valence-electron chi connectivity index (χ2n) is 4.19. The van der Waals surface area contributed by atoms with Gasteiger partial charge in [-0.3, -0.25) is 4.68 Å². The summed E-state index contributed by atoms with van der Waals surface area (Å²) >= 11 is 0.